The smallest absolute Gasteiger partial charge is 0.252 e. The molecule has 5 nitrogen and oxygen atoms in total. The minimum Gasteiger partial charge on any atom is -0.391 e. The fourth-order valence-corrected chi connectivity index (χ4v) is 5.64. The number of hydrogen-bond acceptors (Lipinski definition) is 5. The molecule has 1 aliphatic rings. The third-order valence-corrected chi connectivity index (χ3v) is 7.16. The van der Waals surface area contributed by atoms with Gasteiger partial charge in [0.1, 0.15) is 4.21 Å². The quantitative estimate of drug-likeness (QED) is 0.910. The minimum absolute atomic E-state index is 0.0205. The molecule has 2 rings (SSSR count). The number of aliphatic hydroxyl groups excluding tert-OH is 1. The SMILES string of the molecule is CCC1CN(C)CCCN1S(=O)(=O)c1ccc(CO)s1. The third kappa shape index (κ3) is 3.23. The highest BCUT2D eigenvalue weighted by molar-refractivity contribution is 7.91. The Kier molecular flexibility index (Phi) is 5.19. The van der Waals surface area contributed by atoms with Gasteiger partial charge in [0.05, 0.1) is 6.61 Å². The van der Waals surface area contributed by atoms with Crippen molar-refractivity contribution in [3.8, 4) is 0 Å². The highest BCUT2D eigenvalue weighted by Crippen LogP contribution is 2.28. The van der Waals surface area contributed by atoms with E-state index in [1.54, 1.807) is 16.4 Å². The largest absolute Gasteiger partial charge is 0.391 e. The molecule has 1 aliphatic heterocycles. The van der Waals surface area contributed by atoms with Crippen molar-refractivity contribution in [2.24, 2.45) is 0 Å². The zero-order valence-corrected chi connectivity index (χ0v) is 13.6. The van der Waals surface area contributed by atoms with Gasteiger partial charge in [0, 0.05) is 24.0 Å². The fourth-order valence-electron chi connectivity index (χ4n) is 2.57. The van der Waals surface area contributed by atoms with E-state index >= 15 is 0 Å². The number of thiophene rings is 1. The summed E-state index contributed by atoms with van der Waals surface area (Å²) >= 11 is 1.16. The van der Waals surface area contributed by atoms with E-state index in [1.807, 2.05) is 14.0 Å². The maximum Gasteiger partial charge on any atom is 0.252 e. The molecule has 20 heavy (non-hydrogen) atoms. The number of sulfonamides is 1. The first-order chi connectivity index (χ1) is 9.48. The van der Waals surface area contributed by atoms with Crippen molar-refractivity contribution in [2.75, 3.05) is 26.7 Å². The van der Waals surface area contributed by atoms with Gasteiger partial charge >= 0.3 is 0 Å². The Labute approximate surface area is 124 Å². The molecule has 1 saturated heterocycles. The summed E-state index contributed by atoms with van der Waals surface area (Å²) in [7, 11) is -1.41. The average Bonchev–Trinajstić information content (AvgIpc) is 2.83. The molecule has 0 bridgehead atoms. The molecular formula is C13H22N2O3S2. The second kappa shape index (κ2) is 6.53. The van der Waals surface area contributed by atoms with Crippen LogP contribution in [0.4, 0.5) is 0 Å². The van der Waals surface area contributed by atoms with Crippen LogP contribution in [-0.4, -0.2) is 55.5 Å². The van der Waals surface area contributed by atoms with E-state index in [9.17, 15) is 8.42 Å². The Morgan fingerprint density at radius 1 is 1.40 bits per heavy atom. The molecule has 0 spiro atoms. The second-order valence-corrected chi connectivity index (χ2v) is 8.46. The second-order valence-electron chi connectivity index (χ2n) is 5.17. The van der Waals surface area contributed by atoms with Crippen molar-refractivity contribution in [3.05, 3.63) is 17.0 Å². The summed E-state index contributed by atoms with van der Waals surface area (Å²) < 4.78 is 27.5. The summed E-state index contributed by atoms with van der Waals surface area (Å²) in [6.45, 7) is 4.18. The van der Waals surface area contributed by atoms with Crippen LogP contribution in [0.3, 0.4) is 0 Å². The normalized spacial score (nSPS) is 22.9. The predicted octanol–water partition coefficient (Wildman–Crippen LogP) is 1.35. The summed E-state index contributed by atoms with van der Waals surface area (Å²) in [5, 5.41) is 9.10. The number of hydrogen-bond donors (Lipinski definition) is 1. The summed E-state index contributed by atoms with van der Waals surface area (Å²) in [5.74, 6) is 0. The molecule has 1 fully saturated rings. The molecule has 0 aromatic carbocycles. The van der Waals surface area contributed by atoms with E-state index in [0.717, 1.165) is 37.3 Å². The highest BCUT2D eigenvalue weighted by atomic mass is 32.2. The summed E-state index contributed by atoms with van der Waals surface area (Å²) in [6, 6.07) is 3.31. The topological polar surface area (TPSA) is 60.9 Å². The summed E-state index contributed by atoms with van der Waals surface area (Å²) in [6.07, 6.45) is 1.66. The first-order valence-electron chi connectivity index (χ1n) is 6.89. The van der Waals surface area contributed by atoms with Crippen LogP contribution >= 0.6 is 11.3 Å². The Hall–Kier alpha value is -0.470. The average molecular weight is 318 g/mol. The van der Waals surface area contributed by atoms with Gasteiger partial charge in [0.15, 0.2) is 0 Å². The molecule has 1 atom stereocenters. The Morgan fingerprint density at radius 2 is 2.15 bits per heavy atom. The van der Waals surface area contributed by atoms with E-state index in [1.165, 1.54) is 0 Å². The van der Waals surface area contributed by atoms with Crippen molar-refractivity contribution in [2.45, 2.75) is 36.6 Å². The van der Waals surface area contributed by atoms with E-state index in [0.29, 0.717) is 15.6 Å². The lowest BCUT2D eigenvalue weighted by molar-refractivity contribution is 0.270. The van der Waals surface area contributed by atoms with Crippen LogP contribution in [0.2, 0.25) is 0 Å². The van der Waals surface area contributed by atoms with Gasteiger partial charge in [-0.05, 0) is 38.6 Å². The molecule has 1 unspecified atom stereocenters. The van der Waals surface area contributed by atoms with Gasteiger partial charge in [-0.3, -0.25) is 0 Å². The number of likely N-dealkylation sites (N-methyl/N-ethyl adjacent to an activating group) is 1. The number of aliphatic hydroxyl groups is 1. The van der Waals surface area contributed by atoms with E-state index in [-0.39, 0.29) is 12.6 Å². The molecule has 2 heterocycles. The highest BCUT2D eigenvalue weighted by Gasteiger charge is 2.33. The van der Waals surface area contributed by atoms with Gasteiger partial charge in [-0.25, -0.2) is 8.42 Å². The van der Waals surface area contributed by atoms with E-state index in [4.69, 9.17) is 5.11 Å². The molecule has 1 aromatic heterocycles. The molecule has 1 aromatic rings. The minimum atomic E-state index is -3.45. The number of rotatable bonds is 4. The van der Waals surface area contributed by atoms with Crippen molar-refractivity contribution < 1.29 is 13.5 Å². The van der Waals surface area contributed by atoms with Crippen molar-refractivity contribution in [3.63, 3.8) is 0 Å². The maximum atomic E-state index is 12.8. The molecule has 114 valence electrons. The van der Waals surface area contributed by atoms with Crippen molar-refractivity contribution in [1.29, 1.82) is 0 Å². The first kappa shape index (κ1) is 15.9. The van der Waals surface area contributed by atoms with Crippen LogP contribution in [0.15, 0.2) is 16.3 Å². The molecule has 0 aliphatic carbocycles. The van der Waals surface area contributed by atoms with Crippen LogP contribution in [-0.2, 0) is 16.6 Å². The molecule has 0 saturated carbocycles. The zero-order chi connectivity index (χ0) is 14.8. The standard InChI is InChI=1S/C13H22N2O3S2/c1-3-11-9-14(2)7-4-8-15(11)20(17,18)13-6-5-12(10-16)19-13/h5-6,11,16H,3-4,7-10H2,1-2H3. The number of nitrogens with zero attached hydrogens (tertiary/aromatic N) is 2. The van der Waals surface area contributed by atoms with Crippen LogP contribution in [0.25, 0.3) is 0 Å². The van der Waals surface area contributed by atoms with Crippen LogP contribution < -0.4 is 0 Å². The summed E-state index contributed by atoms with van der Waals surface area (Å²) in [5.41, 5.74) is 0. The van der Waals surface area contributed by atoms with E-state index in [2.05, 4.69) is 4.90 Å². The van der Waals surface area contributed by atoms with Gasteiger partial charge in [0.2, 0.25) is 0 Å². The fraction of sp³-hybridized carbons (Fsp3) is 0.692. The van der Waals surface area contributed by atoms with Crippen LogP contribution in [0.1, 0.15) is 24.6 Å². The lowest BCUT2D eigenvalue weighted by Crippen LogP contribution is -2.43. The maximum absolute atomic E-state index is 12.8. The van der Waals surface area contributed by atoms with Gasteiger partial charge < -0.3 is 10.0 Å². The molecular weight excluding hydrogens is 296 g/mol. The predicted molar refractivity (Wildman–Crippen MR) is 80.3 cm³/mol. The zero-order valence-electron chi connectivity index (χ0n) is 11.9. The lowest BCUT2D eigenvalue weighted by Gasteiger charge is -2.28. The Bertz CT molecular complexity index is 542. The summed E-state index contributed by atoms with van der Waals surface area (Å²) in [4.78, 5) is 2.88. The van der Waals surface area contributed by atoms with Gasteiger partial charge in [-0.1, -0.05) is 6.92 Å². The lowest BCUT2D eigenvalue weighted by atomic mass is 10.2. The van der Waals surface area contributed by atoms with Crippen LogP contribution in [0, 0.1) is 0 Å². The Balaban J connectivity index is 2.30. The van der Waals surface area contributed by atoms with Crippen molar-refractivity contribution in [1.82, 2.24) is 9.21 Å². The van der Waals surface area contributed by atoms with E-state index < -0.39 is 10.0 Å². The van der Waals surface area contributed by atoms with Crippen LogP contribution in [0.5, 0.6) is 0 Å². The Morgan fingerprint density at radius 3 is 2.75 bits per heavy atom. The monoisotopic (exact) mass is 318 g/mol. The third-order valence-electron chi connectivity index (χ3n) is 3.68. The van der Waals surface area contributed by atoms with Crippen molar-refractivity contribution >= 4 is 21.4 Å². The molecule has 1 N–H and O–H groups in total. The van der Waals surface area contributed by atoms with Gasteiger partial charge in [-0.2, -0.15) is 4.31 Å². The van der Waals surface area contributed by atoms with Gasteiger partial charge in [0.25, 0.3) is 10.0 Å². The molecule has 0 radical (unpaired) electrons. The molecule has 7 heteroatoms. The van der Waals surface area contributed by atoms with Gasteiger partial charge in [-0.15, -0.1) is 11.3 Å². The molecule has 0 amide bonds. The first-order valence-corrected chi connectivity index (χ1v) is 9.14.